The summed E-state index contributed by atoms with van der Waals surface area (Å²) >= 11 is 0. The van der Waals surface area contributed by atoms with Crippen LogP contribution in [0.3, 0.4) is 0 Å². The van der Waals surface area contributed by atoms with Gasteiger partial charge in [0, 0.05) is 39.5 Å². The molecule has 1 N–H and O–H groups in total. The first-order valence-electron chi connectivity index (χ1n) is 6.08. The van der Waals surface area contributed by atoms with Crippen molar-refractivity contribution < 1.29 is 9.47 Å². The van der Waals surface area contributed by atoms with Crippen molar-refractivity contribution in [1.82, 2.24) is 14.9 Å². The lowest BCUT2D eigenvalue weighted by Gasteiger charge is -2.15. The third-order valence-corrected chi connectivity index (χ3v) is 3.05. The zero-order valence-corrected chi connectivity index (χ0v) is 10.6. The molecule has 1 unspecified atom stereocenters. The van der Waals surface area contributed by atoms with Gasteiger partial charge >= 0.3 is 0 Å². The first-order valence-corrected chi connectivity index (χ1v) is 6.08. The first kappa shape index (κ1) is 12.5. The van der Waals surface area contributed by atoms with Gasteiger partial charge in [-0.05, 0) is 12.8 Å². The maximum absolute atomic E-state index is 5.29. The predicted octanol–water partition coefficient (Wildman–Crippen LogP) is 0.969. The molecule has 0 spiro atoms. The zero-order valence-electron chi connectivity index (χ0n) is 10.6. The molecule has 0 aromatic carbocycles. The third-order valence-electron chi connectivity index (χ3n) is 3.05. The van der Waals surface area contributed by atoms with E-state index in [9.17, 15) is 0 Å². The third kappa shape index (κ3) is 3.52. The Kier molecular flexibility index (Phi) is 4.53. The molecule has 0 bridgehead atoms. The van der Waals surface area contributed by atoms with E-state index in [1.807, 2.05) is 12.5 Å². The number of methoxy groups -OCH3 is 2. The average molecular weight is 239 g/mol. The molecule has 1 aromatic rings. The smallest absolute Gasteiger partial charge is 0.0951 e. The summed E-state index contributed by atoms with van der Waals surface area (Å²) in [7, 11) is 3.40. The molecule has 1 saturated carbocycles. The van der Waals surface area contributed by atoms with E-state index >= 15 is 0 Å². The van der Waals surface area contributed by atoms with Gasteiger partial charge in [0.1, 0.15) is 0 Å². The Bertz CT molecular complexity index is 336. The quantitative estimate of drug-likeness (QED) is 0.734. The second-order valence-electron chi connectivity index (χ2n) is 4.47. The second kappa shape index (κ2) is 6.14. The summed E-state index contributed by atoms with van der Waals surface area (Å²) in [6, 6.07) is 0.687. The van der Waals surface area contributed by atoms with Crippen molar-refractivity contribution in [1.29, 1.82) is 0 Å². The molecular formula is C12H21N3O2. The van der Waals surface area contributed by atoms with Gasteiger partial charge in [-0.15, -0.1) is 0 Å². The molecule has 5 heteroatoms. The molecule has 1 aromatic heterocycles. The molecule has 0 radical (unpaired) electrons. The van der Waals surface area contributed by atoms with E-state index in [0.29, 0.717) is 12.6 Å². The molecular weight excluding hydrogens is 218 g/mol. The van der Waals surface area contributed by atoms with Gasteiger partial charge in [0.2, 0.25) is 0 Å². The lowest BCUT2D eigenvalue weighted by atomic mass is 10.3. The van der Waals surface area contributed by atoms with Crippen LogP contribution in [0.1, 0.15) is 24.6 Å². The van der Waals surface area contributed by atoms with Crippen molar-refractivity contribution in [2.75, 3.05) is 27.4 Å². The molecule has 0 amide bonds. The SMILES string of the molecule is COCC(CNCc1cncn1C1CC1)OC. The highest BCUT2D eigenvalue weighted by Gasteiger charge is 2.24. The standard InChI is InChI=1S/C12H21N3O2/c1-16-8-12(17-2)7-13-5-11-6-14-9-15(11)10-3-4-10/h6,9-10,12-13H,3-5,7-8H2,1-2H3. The normalized spacial score (nSPS) is 17.3. The average Bonchev–Trinajstić information content (AvgIpc) is 3.08. The van der Waals surface area contributed by atoms with E-state index < -0.39 is 0 Å². The molecule has 1 heterocycles. The summed E-state index contributed by atoms with van der Waals surface area (Å²) < 4.78 is 12.6. The van der Waals surface area contributed by atoms with Gasteiger partial charge in [-0.2, -0.15) is 0 Å². The van der Waals surface area contributed by atoms with Crippen LogP contribution in [-0.4, -0.2) is 43.0 Å². The molecule has 17 heavy (non-hydrogen) atoms. The van der Waals surface area contributed by atoms with Crippen molar-refractivity contribution >= 4 is 0 Å². The Morgan fingerprint density at radius 1 is 1.53 bits per heavy atom. The number of nitrogens with one attached hydrogen (secondary N) is 1. The van der Waals surface area contributed by atoms with Crippen molar-refractivity contribution in [3.8, 4) is 0 Å². The highest BCUT2D eigenvalue weighted by atomic mass is 16.5. The Labute approximate surface area is 102 Å². The Morgan fingerprint density at radius 2 is 2.35 bits per heavy atom. The molecule has 1 aliphatic carbocycles. The van der Waals surface area contributed by atoms with Crippen LogP contribution in [0.15, 0.2) is 12.5 Å². The number of hydrogen-bond acceptors (Lipinski definition) is 4. The number of hydrogen-bond donors (Lipinski definition) is 1. The van der Waals surface area contributed by atoms with Crippen LogP contribution in [0.5, 0.6) is 0 Å². The Balaban J connectivity index is 1.75. The van der Waals surface area contributed by atoms with Crippen molar-refractivity contribution in [3.63, 3.8) is 0 Å². The van der Waals surface area contributed by atoms with Gasteiger partial charge < -0.3 is 19.4 Å². The summed E-state index contributed by atoms with van der Waals surface area (Å²) in [4.78, 5) is 4.20. The minimum absolute atomic E-state index is 0.109. The second-order valence-corrected chi connectivity index (χ2v) is 4.47. The molecule has 0 saturated heterocycles. The maximum Gasteiger partial charge on any atom is 0.0951 e. The van der Waals surface area contributed by atoms with Crippen molar-refractivity contribution in [3.05, 3.63) is 18.2 Å². The minimum Gasteiger partial charge on any atom is -0.382 e. The topological polar surface area (TPSA) is 48.3 Å². The van der Waals surface area contributed by atoms with E-state index in [1.165, 1.54) is 18.5 Å². The fraction of sp³-hybridized carbons (Fsp3) is 0.750. The largest absolute Gasteiger partial charge is 0.382 e. The molecule has 2 rings (SSSR count). The summed E-state index contributed by atoms with van der Waals surface area (Å²) in [6.45, 7) is 2.24. The van der Waals surface area contributed by atoms with Crippen LogP contribution in [-0.2, 0) is 16.0 Å². The number of nitrogens with zero attached hydrogens (tertiary/aromatic N) is 2. The van der Waals surface area contributed by atoms with Crippen LogP contribution < -0.4 is 5.32 Å². The fourth-order valence-corrected chi connectivity index (χ4v) is 1.91. The van der Waals surface area contributed by atoms with Gasteiger partial charge in [-0.1, -0.05) is 0 Å². The lowest BCUT2D eigenvalue weighted by molar-refractivity contribution is 0.0287. The number of imidazole rings is 1. The Hall–Kier alpha value is -0.910. The number of aromatic nitrogens is 2. The molecule has 96 valence electrons. The summed E-state index contributed by atoms with van der Waals surface area (Å²) in [5.41, 5.74) is 1.25. The van der Waals surface area contributed by atoms with Crippen LogP contribution in [0, 0.1) is 0 Å². The molecule has 1 fully saturated rings. The molecule has 5 nitrogen and oxygen atoms in total. The summed E-state index contributed by atoms with van der Waals surface area (Å²) in [5.74, 6) is 0. The van der Waals surface area contributed by atoms with Gasteiger partial charge in [-0.25, -0.2) is 4.98 Å². The molecule has 1 aliphatic rings. The highest BCUT2D eigenvalue weighted by molar-refractivity contribution is 5.03. The van der Waals surface area contributed by atoms with Crippen LogP contribution in [0.4, 0.5) is 0 Å². The van der Waals surface area contributed by atoms with E-state index in [-0.39, 0.29) is 6.10 Å². The number of rotatable bonds is 8. The van der Waals surface area contributed by atoms with Crippen LogP contribution in [0.25, 0.3) is 0 Å². The lowest BCUT2D eigenvalue weighted by Crippen LogP contribution is -2.31. The zero-order chi connectivity index (χ0) is 12.1. The monoisotopic (exact) mass is 239 g/mol. The first-order chi connectivity index (χ1) is 8.35. The van der Waals surface area contributed by atoms with E-state index in [1.54, 1.807) is 14.2 Å². The van der Waals surface area contributed by atoms with Gasteiger partial charge in [0.15, 0.2) is 0 Å². The van der Waals surface area contributed by atoms with Gasteiger partial charge in [0.05, 0.1) is 24.7 Å². The number of ether oxygens (including phenoxy) is 2. The van der Waals surface area contributed by atoms with Crippen molar-refractivity contribution in [2.24, 2.45) is 0 Å². The van der Waals surface area contributed by atoms with Gasteiger partial charge in [0.25, 0.3) is 0 Å². The summed E-state index contributed by atoms with van der Waals surface area (Å²) in [5, 5.41) is 3.38. The fourth-order valence-electron chi connectivity index (χ4n) is 1.91. The summed E-state index contributed by atoms with van der Waals surface area (Å²) in [6.07, 6.45) is 6.54. The van der Waals surface area contributed by atoms with Gasteiger partial charge in [-0.3, -0.25) is 0 Å². The van der Waals surface area contributed by atoms with E-state index in [4.69, 9.17) is 9.47 Å². The molecule has 0 aliphatic heterocycles. The Morgan fingerprint density at radius 3 is 3.00 bits per heavy atom. The molecule has 1 atom stereocenters. The van der Waals surface area contributed by atoms with E-state index in [0.717, 1.165) is 13.1 Å². The van der Waals surface area contributed by atoms with Crippen LogP contribution >= 0.6 is 0 Å². The van der Waals surface area contributed by atoms with Crippen LogP contribution in [0.2, 0.25) is 0 Å². The van der Waals surface area contributed by atoms with E-state index in [2.05, 4.69) is 14.9 Å². The highest BCUT2D eigenvalue weighted by Crippen LogP contribution is 2.35. The minimum atomic E-state index is 0.109. The predicted molar refractivity (Wildman–Crippen MR) is 64.9 cm³/mol. The van der Waals surface area contributed by atoms with Crippen molar-refractivity contribution in [2.45, 2.75) is 31.5 Å². The maximum atomic E-state index is 5.29.